The first-order valence-corrected chi connectivity index (χ1v) is 5.72. The first kappa shape index (κ1) is 13.6. The van der Waals surface area contributed by atoms with Gasteiger partial charge in [-0.25, -0.2) is 27.3 Å². The molecule has 1 heterocycles. The maximum atomic E-state index is 13.6. The van der Waals surface area contributed by atoms with Crippen molar-refractivity contribution in [3.8, 4) is 11.4 Å². The molecule has 4 nitrogen and oxygen atoms in total. The molecule has 0 aliphatic carbocycles. The maximum absolute atomic E-state index is 13.6. The van der Waals surface area contributed by atoms with Crippen LogP contribution in [-0.4, -0.2) is 20.4 Å². The Morgan fingerprint density at radius 3 is 2.21 bits per heavy atom. The van der Waals surface area contributed by atoms with E-state index in [1.165, 1.54) is 0 Å². The number of nitrogens with zero attached hydrogens (tertiary/aromatic N) is 1. The van der Waals surface area contributed by atoms with E-state index >= 15 is 0 Å². The molecule has 1 aromatic heterocycles. The number of hydrogen-bond donors (Lipinski definition) is 2. The van der Waals surface area contributed by atoms with Gasteiger partial charge in [0.15, 0.2) is 33.0 Å². The molecule has 0 unspecified atom stereocenters. The maximum Gasteiger partial charge on any atom is 0.339 e. The highest BCUT2D eigenvalue weighted by Crippen LogP contribution is 2.31. The number of halogens is 4. The molecule has 0 spiro atoms. The minimum absolute atomic E-state index is 0.0316. The van der Waals surface area contributed by atoms with Crippen molar-refractivity contribution >= 4 is 29.7 Å². The van der Waals surface area contributed by atoms with Crippen LogP contribution in [0.25, 0.3) is 11.4 Å². The van der Waals surface area contributed by atoms with Gasteiger partial charge in [-0.3, -0.25) is 4.37 Å². The molecular formula is C9H2F4N2O2S2. The number of aromatic amines is 1. The third-order valence-corrected chi connectivity index (χ3v) is 3.06. The molecule has 2 aromatic rings. The van der Waals surface area contributed by atoms with E-state index in [-0.39, 0.29) is 3.95 Å². The number of nitrogens with one attached hydrogen (secondary N) is 1. The van der Waals surface area contributed by atoms with Crippen LogP contribution in [0.1, 0.15) is 10.4 Å². The molecule has 0 bridgehead atoms. The van der Waals surface area contributed by atoms with Gasteiger partial charge in [0.1, 0.15) is 5.56 Å². The zero-order valence-electron chi connectivity index (χ0n) is 8.63. The number of rotatable bonds is 2. The van der Waals surface area contributed by atoms with Gasteiger partial charge >= 0.3 is 5.97 Å². The summed E-state index contributed by atoms with van der Waals surface area (Å²) in [4.78, 5) is 14.4. The molecule has 0 aliphatic rings. The van der Waals surface area contributed by atoms with Crippen LogP contribution in [0, 0.1) is 27.2 Å². The van der Waals surface area contributed by atoms with Crippen molar-refractivity contribution in [1.29, 1.82) is 0 Å². The highest BCUT2D eigenvalue weighted by Gasteiger charge is 2.31. The van der Waals surface area contributed by atoms with Crippen LogP contribution in [0.4, 0.5) is 17.6 Å². The average molecular weight is 310 g/mol. The molecule has 0 amide bonds. The third-order valence-electron chi connectivity index (χ3n) is 2.16. The van der Waals surface area contributed by atoms with Crippen LogP contribution >= 0.6 is 23.8 Å². The van der Waals surface area contributed by atoms with Gasteiger partial charge in [0, 0.05) is 0 Å². The average Bonchev–Trinajstić information content (AvgIpc) is 2.76. The molecule has 1 aromatic carbocycles. The highest BCUT2D eigenvalue weighted by atomic mass is 32.2. The Labute approximate surface area is 111 Å². The van der Waals surface area contributed by atoms with Gasteiger partial charge in [-0.15, -0.1) is 0 Å². The van der Waals surface area contributed by atoms with Crippen molar-refractivity contribution in [1.82, 2.24) is 9.36 Å². The van der Waals surface area contributed by atoms with Gasteiger partial charge < -0.3 is 5.11 Å². The molecule has 0 saturated heterocycles. The minimum atomic E-state index is -2.20. The smallest absolute Gasteiger partial charge is 0.339 e. The first-order valence-electron chi connectivity index (χ1n) is 4.49. The minimum Gasteiger partial charge on any atom is -0.478 e. The predicted molar refractivity (Wildman–Crippen MR) is 59.5 cm³/mol. The van der Waals surface area contributed by atoms with Gasteiger partial charge in [0.2, 0.25) is 0 Å². The zero-order valence-corrected chi connectivity index (χ0v) is 10.3. The zero-order chi connectivity index (χ0) is 14.3. The van der Waals surface area contributed by atoms with Gasteiger partial charge in [-0.2, -0.15) is 0 Å². The van der Waals surface area contributed by atoms with E-state index in [1.54, 1.807) is 0 Å². The van der Waals surface area contributed by atoms with Gasteiger partial charge in [0.25, 0.3) is 0 Å². The summed E-state index contributed by atoms with van der Waals surface area (Å²) in [6.07, 6.45) is 0. The van der Waals surface area contributed by atoms with Crippen molar-refractivity contribution in [2.24, 2.45) is 0 Å². The molecule has 10 heteroatoms. The number of aromatic nitrogens is 2. The summed E-state index contributed by atoms with van der Waals surface area (Å²) in [6, 6.07) is 0. The largest absolute Gasteiger partial charge is 0.478 e. The van der Waals surface area contributed by atoms with Crippen LogP contribution in [0.15, 0.2) is 0 Å². The topological polar surface area (TPSA) is 66.0 Å². The van der Waals surface area contributed by atoms with Crippen molar-refractivity contribution in [2.45, 2.75) is 0 Å². The predicted octanol–water partition coefficient (Wildman–Crippen LogP) is 3.12. The lowest BCUT2D eigenvalue weighted by atomic mass is 10.0. The van der Waals surface area contributed by atoms with E-state index in [9.17, 15) is 22.4 Å². The summed E-state index contributed by atoms with van der Waals surface area (Å²) in [5.74, 6) is -10.6. The summed E-state index contributed by atoms with van der Waals surface area (Å²) < 4.78 is 55.5. The fourth-order valence-corrected chi connectivity index (χ4v) is 2.08. The van der Waals surface area contributed by atoms with E-state index in [1.807, 2.05) is 0 Å². The van der Waals surface area contributed by atoms with E-state index in [0.717, 1.165) is 11.5 Å². The van der Waals surface area contributed by atoms with Crippen molar-refractivity contribution in [3.05, 3.63) is 32.8 Å². The number of carboxylic acid groups (broad SMARTS) is 1. The number of H-pyrrole nitrogens is 1. The number of benzene rings is 1. The Bertz CT molecular complexity index is 741. The summed E-state index contributed by atoms with van der Waals surface area (Å²) in [6.45, 7) is 0. The summed E-state index contributed by atoms with van der Waals surface area (Å²) in [7, 11) is 0. The van der Waals surface area contributed by atoms with E-state index in [0.29, 0.717) is 0 Å². The number of hydrogen-bond acceptors (Lipinski definition) is 4. The van der Waals surface area contributed by atoms with Crippen LogP contribution in [0.2, 0.25) is 0 Å². The molecule has 0 radical (unpaired) electrons. The van der Waals surface area contributed by atoms with Gasteiger partial charge in [-0.1, -0.05) is 0 Å². The van der Waals surface area contributed by atoms with Crippen LogP contribution in [0.5, 0.6) is 0 Å². The molecular weight excluding hydrogens is 308 g/mol. The molecule has 2 N–H and O–H groups in total. The molecule has 0 saturated carbocycles. The molecule has 100 valence electrons. The molecule has 19 heavy (non-hydrogen) atoms. The van der Waals surface area contributed by atoms with Gasteiger partial charge in [-0.05, 0) is 23.8 Å². The molecule has 0 atom stereocenters. The summed E-state index contributed by atoms with van der Waals surface area (Å²) >= 11 is 5.35. The van der Waals surface area contributed by atoms with E-state index in [4.69, 9.17) is 5.11 Å². The van der Waals surface area contributed by atoms with Crippen molar-refractivity contribution in [2.75, 3.05) is 0 Å². The van der Waals surface area contributed by atoms with Crippen molar-refractivity contribution in [3.63, 3.8) is 0 Å². The second kappa shape index (κ2) is 4.70. The Balaban J connectivity index is 2.93. The molecule has 2 rings (SSSR count). The number of carboxylic acids is 1. The lowest BCUT2D eigenvalue weighted by Crippen LogP contribution is -2.11. The second-order valence-corrected chi connectivity index (χ2v) is 4.68. The quantitative estimate of drug-likeness (QED) is 0.387. The SMILES string of the molecule is O=C(O)c1c(F)c(F)c(F)c(F)c1-c1nc(=S)s[nH]1. The second-order valence-electron chi connectivity index (χ2n) is 3.24. The third kappa shape index (κ3) is 2.12. The van der Waals surface area contributed by atoms with E-state index in [2.05, 4.69) is 21.6 Å². The standard InChI is InChI=1S/C9H2F4N2O2S2/c10-3-1(7-14-9(18)19-15-7)2(8(16)17)4(11)6(13)5(3)12/h(H,16,17)(H,14,15,18). The summed E-state index contributed by atoms with van der Waals surface area (Å²) in [5, 5.41) is 8.79. The van der Waals surface area contributed by atoms with Crippen LogP contribution in [0.3, 0.4) is 0 Å². The monoisotopic (exact) mass is 310 g/mol. The first-order chi connectivity index (χ1) is 8.84. The number of carbonyl (C=O) groups is 1. The Hall–Kier alpha value is -1.81. The lowest BCUT2D eigenvalue weighted by Gasteiger charge is -2.08. The Morgan fingerprint density at radius 1 is 1.16 bits per heavy atom. The number of aromatic carboxylic acids is 1. The van der Waals surface area contributed by atoms with Crippen LogP contribution in [-0.2, 0) is 0 Å². The van der Waals surface area contributed by atoms with E-state index < -0.39 is 46.2 Å². The Kier molecular flexibility index (Phi) is 3.37. The summed E-state index contributed by atoms with van der Waals surface area (Å²) in [5.41, 5.74) is -2.37. The molecule has 0 fully saturated rings. The lowest BCUT2D eigenvalue weighted by molar-refractivity contribution is 0.0690. The fraction of sp³-hybridized carbons (Fsp3) is 0. The van der Waals surface area contributed by atoms with Gasteiger partial charge in [0.05, 0.1) is 5.56 Å². The highest BCUT2D eigenvalue weighted by molar-refractivity contribution is 7.73. The Morgan fingerprint density at radius 2 is 1.74 bits per heavy atom. The van der Waals surface area contributed by atoms with Crippen LogP contribution < -0.4 is 0 Å². The normalized spacial score (nSPS) is 10.7. The van der Waals surface area contributed by atoms with Crippen molar-refractivity contribution < 1.29 is 27.5 Å². The molecule has 0 aliphatic heterocycles. The fourth-order valence-electron chi connectivity index (χ4n) is 1.39.